The van der Waals surface area contributed by atoms with Crippen molar-refractivity contribution in [1.29, 1.82) is 0 Å². The number of nitrogens with zero attached hydrogens (tertiary/aromatic N) is 2. The topological polar surface area (TPSA) is 48.9 Å². The molecule has 0 radical (unpaired) electrons. The lowest BCUT2D eigenvalue weighted by Gasteiger charge is -2.04. The lowest BCUT2D eigenvalue weighted by atomic mass is 10.1. The molecular formula is C13H22N2O2. The van der Waals surface area contributed by atoms with Gasteiger partial charge in [-0.3, -0.25) is 0 Å². The number of carbonyl (C=O) groups is 1. The SMILES string of the molecule is CCCCCCc1n(CCC(=O)[O-])cc[n+]1C. The molecule has 0 spiro atoms. The summed E-state index contributed by atoms with van der Waals surface area (Å²) in [6, 6.07) is 0. The lowest BCUT2D eigenvalue weighted by molar-refractivity contribution is -0.678. The van der Waals surface area contributed by atoms with Gasteiger partial charge in [0.1, 0.15) is 12.4 Å². The van der Waals surface area contributed by atoms with Crippen LogP contribution in [0, 0.1) is 0 Å². The summed E-state index contributed by atoms with van der Waals surface area (Å²) < 4.78 is 4.09. The average molecular weight is 238 g/mol. The van der Waals surface area contributed by atoms with Crippen LogP contribution in [0.15, 0.2) is 12.4 Å². The monoisotopic (exact) mass is 238 g/mol. The summed E-state index contributed by atoms with van der Waals surface area (Å²) in [7, 11) is 2.00. The number of carbonyl (C=O) groups excluding carboxylic acids is 1. The number of aromatic nitrogens is 2. The molecule has 0 N–H and O–H groups in total. The zero-order chi connectivity index (χ0) is 12.7. The van der Waals surface area contributed by atoms with E-state index in [1.54, 1.807) is 0 Å². The zero-order valence-electron chi connectivity index (χ0n) is 10.8. The average Bonchev–Trinajstić information content (AvgIpc) is 2.63. The smallest absolute Gasteiger partial charge is 0.256 e. The summed E-state index contributed by atoms with van der Waals surface area (Å²) >= 11 is 0. The van der Waals surface area contributed by atoms with Crippen molar-refractivity contribution in [1.82, 2.24) is 4.57 Å². The molecular weight excluding hydrogens is 216 g/mol. The fourth-order valence-corrected chi connectivity index (χ4v) is 2.00. The van der Waals surface area contributed by atoms with Crippen LogP contribution in [0.5, 0.6) is 0 Å². The van der Waals surface area contributed by atoms with E-state index in [9.17, 15) is 9.90 Å². The molecule has 1 aromatic heterocycles. The standard InChI is InChI=1S/C13H22N2O2/c1-3-4-5-6-7-12-14(2)10-11-15(12)9-8-13(16)17/h10-11H,3-9H2,1-2H3. The highest BCUT2D eigenvalue weighted by Crippen LogP contribution is 2.06. The second kappa shape index (κ2) is 7.09. The van der Waals surface area contributed by atoms with Crippen LogP contribution >= 0.6 is 0 Å². The van der Waals surface area contributed by atoms with Crippen molar-refractivity contribution in [2.45, 2.75) is 52.0 Å². The first-order valence-corrected chi connectivity index (χ1v) is 6.38. The maximum Gasteiger partial charge on any atom is 0.256 e. The van der Waals surface area contributed by atoms with Crippen LogP contribution in [0.1, 0.15) is 44.9 Å². The number of imidazole rings is 1. The third-order valence-corrected chi connectivity index (χ3v) is 3.02. The Morgan fingerprint density at radius 3 is 2.82 bits per heavy atom. The summed E-state index contributed by atoms with van der Waals surface area (Å²) in [5, 5.41) is 10.5. The van der Waals surface area contributed by atoms with Gasteiger partial charge >= 0.3 is 0 Å². The van der Waals surface area contributed by atoms with E-state index in [0.717, 1.165) is 12.8 Å². The number of carboxylic acids is 1. The largest absolute Gasteiger partial charge is 0.550 e. The van der Waals surface area contributed by atoms with Gasteiger partial charge in [0, 0.05) is 18.8 Å². The molecule has 0 aliphatic carbocycles. The molecule has 4 nitrogen and oxygen atoms in total. The molecule has 1 aromatic rings. The Kier molecular flexibility index (Phi) is 5.73. The highest BCUT2D eigenvalue weighted by atomic mass is 16.4. The summed E-state index contributed by atoms with van der Waals surface area (Å²) in [6.45, 7) is 2.70. The van der Waals surface area contributed by atoms with E-state index in [1.165, 1.54) is 25.1 Å². The second-order valence-electron chi connectivity index (χ2n) is 4.45. The molecule has 4 heteroatoms. The van der Waals surface area contributed by atoms with Crippen molar-refractivity contribution >= 4 is 5.97 Å². The molecule has 0 fully saturated rings. The van der Waals surface area contributed by atoms with Crippen molar-refractivity contribution < 1.29 is 14.5 Å². The van der Waals surface area contributed by atoms with Gasteiger partial charge in [0.2, 0.25) is 0 Å². The van der Waals surface area contributed by atoms with Gasteiger partial charge in [0.05, 0.1) is 13.6 Å². The zero-order valence-corrected chi connectivity index (χ0v) is 10.8. The van der Waals surface area contributed by atoms with Gasteiger partial charge in [-0.15, -0.1) is 0 Å². The van der Waals surface area contributed by atoms with Gasteiger partial charge in [-0.1, -0.05) is 26.2 Å². The lowest BCUT2D eigenvalue weighted by Crippen LogP contribution is -2.32. The fraction of sp³-hybridized carbons (Fsp3) is 0.692. The Balaban J connectivity index is 2.50. The van der Waals surface area contributed by atoms with Gasteiger partial charge in [-0.25, -0.2) is 9.13 Å². The van der Waals surface area contributed by atoms with Gasteiger partial charge in [-0.2, -0.15) is 0 Å². The van der Waals surface area contributed by atoms with Crippen LogP contribution in [0.4, 0.5) is 0 Å². The Morgan fingerprint density at radius 1 is 1.41 bits per heavy atom. The highest BCUT2D eigenvalue weighted by molar-refractivity contribution is 5.64. The predicted molar refractivity (Wildman–Crippen MR) is 63.1 cm³/mol. The van der Waals surface area contributed by atoms with E-state index in [2.05, 4.69) is 11.5 Å². The number of unbranched alkanes of at least 4 members (excludes halogenated alkanes) is 3. The van der Waals surface area contributed by atoms with Crippen molar-refractivity contribution in [3.05, 3.63) is 18.2 Å². The number of aliphatic carboxylic acids is 1. The van der Waals surface area contributed by atoms with Gasteiger partial charge in [-0.05, 0) is 6.42 Å². The molecule has 0 saturated heterocycles. The second-order valence-corrected chi connectivity index (χ2v) is 4.45. The van der Waals surface area contributed by atoms with Crippen molar-refractivity contribution in [2.24, 2.45) is 7.05 Å². The Labute approximate surface area is 103 Å². The van der Waals surface area contributed by atoms with E-state index in [1.807, 2.05) is 24.0 Å². The van der Waals surface area contributed by atoms with Gasteiger partial charge < -0.3 is 9.90 Å². The molecule has 0 atom stereocenters. The third-order valence-electron chi connectivity index (χ3n) is 3.02. The molecule has 0 bridgehead atoms. The molecule has 0 aliphatic rings. The Morgan fingerprint density at radius 2 is 2.18 bits per heavy atom. The number of aryl methyl sites for hydroxylation is 2. The van der Waals surface area contributed by atoms with E-state index in [4.69, 9.17) is 0 Å². The number of hydrogen-bond acceptors (Lipinski definition) is 2. The molecule has 96 valence electrons. The minimum absolute atomic E-state index is 0.0800. The third kappa shape index (κ3) is 4.59. The molecule has 0 aromatic carbocycles. The van der Waals surface area contributed by atoms with Crippen molar-refractivity contribution in [3.8, 4) is 0 Å². The maximum atomic E-state index is 10.5. The number of rotatable bonds is 8. The number of hydrogen-bond donors (Lipinski definition) is 0. The molecule has 0 saturated carbocycles. The first-order valence-electron chi connectivity index (χ1n) is 6.38. The molecule has 0 amide bonds. The van der Waals surface area contributed by atoms with Crippen LogP contribution in [0.2, 0.25) is 0 Å². The van der Waals surface area contributed by atoms with Gasteiger partial charge in [0.15, 0.2) is 0 Å². The molecule has 0 aliphatic heterocycles. The Bertz CT molecular complexity index is 358. The van der Waals surface area contributed by atoms with Crippen LogP contribution in [0.25, 0.3) is 0 Å². The first-order chi connectivity index (χ1) is 8.15. The Hall–Kier alpha value is -1.32. The molecule has 0 unspecified atom stereocenters. The molecule has 1 heterocycles. The number of carboxylic acid groups (broad SMARTS) is 1. The van der Waals surface area contributed by atoms with Crippen LogP contribution < -0.4 is 9.67 Å². The van der Waals surface area contributed by atoms with E-state index < -0.39 is 5.97 Å². The maximum absolute atomic E-state index is 10.5. The fourth-order valence-electron chi connectivity index (χ4n) is 2.00. The van der Waals surface area contributed by atoms with Crippen LogP contribution in [0.3, 0.4) is 0 Å². The summed E-state index contributed by atoms with van der Waals surface area (Å²) in [5.74, 6) is 0.209. The normalized spacial score (nSPS) is 10.7. The minimum atomic E-state index is -0.988. The highest BCUT2D eigenvalue weighted by Gasteiger charge is 2.13. The predicted octanol–water partition coefficient (Wildman–Crippen LogP) is 0.575. The summed E-state index contributed by atoms with van der Waals surface area (Å²) in [5.41, 5.74) is 0. The van der Waals surface area contributed by atoms with Crippen LogP contribution in [-0.4, -0.2) is 10.5 Å². The molecule has 1 rings (SSSR count). The summed E-state index contributed by atoms with van der Waals surface area (Å²) in [4.78, 5) is 10.5. The van der Waals surface area contributed by atoms with E-state index in [0.29, 0.717) is 6.54 Å². The first kappa shape index (κ1) is 13.7. The molecule has 17 heavy (non-hydrogen) atoms. The van der Waals surface area contributed by atoms with Crippen LogP contribution in [-0.2, 0) is 24.8 Å². The van der Waals surface area contributed by atoms with Crippen molar-refractivity contribution in [2.75, 3.05) is 0 Å². The van der Waals surface area contributed by atoms with Crippen molar-refractivity contribution in [3.63, 3.8) is 0 Å². The van der Waals surface area contributed by atoms with E-state index >= 15 is 0 Å². The quantitative estimate of drug-likeness (QED) is 0.491. The summed E-state index contributed by atoms with van der Waals surface area (Å²) in [6.07, 6.45) is 9.91. The van der Waals surface area contributed by atoms with E-state index in [-0.39, 0.29) is 6.42 Å². The minimum Gasteiger partial charge on any atom is -0.550 e. The van der Waals surface area contributed by atoms with Gasteiger partial charge in [0.25, 0.3) is 5.82 Å².